The van der Waals surface area contributed by atoms with E-state index in [-0.39, 0.29) is 10.9 Å². The summed E-state index contributed by atoms with van der Waals surface area (Å²) in [5.74, 6) is 0.421. The van der Waals surface area contributed by atoms with Gasteiger partial charge in [-0.3, -0.25) is 0 Å². The van der Waals surface area contributed by atoms with E-state index in [1.165, 1.54) is 0 Å². The molecule has 1 heterocycles. The maximum Gasteiger partial charge on any atom is 0.244 e. The summed E-state index contributed by atoms with van der Waals surface area (Å²) in [5.41, 5.74) is 0. The molecule has 0 aromatic carbocycles. The average molecular weight is 299 g/mol. The first-order valence-electron chi connectivity index (χ1n) is 7.22. The van der Waals surface area contributed by atoms with E-state index in [0.717, 1.165) is 25.7 Å². The number of nitrogens with one attached hydrogen (secondary N) is 2. The zero-order chi connectivity index (χ0) is 15.0. The SMILES string of the molecule is CCCCC(C)NS(=O)(=O)c1cccnc1NCCC. The molecule has 0 amide bonds. The van der Waals surface area contributed by atoms with Crippen molar-refractivity contribution in [2.75, 3.05) is 11.9 Å². The molecule has 6 heteroatoms. The monoisotopic (exact) mass is 299 g/mol. The second-order valence-corrected chi connectivity index (χ2v) is 6.62. The van der Waals surface area contributed by atoms with Gasteiger partial charge in [0.2, 0.25) is 10.0 Å². The molecule has 0 aliphatic rings. The third-order valence-corrected chi connectivity index (χ3v) is 4.57. The summed E-state index contributed by atoms with van der Waals surface area (Å²) in [5, 5.41) is 3.06. The van der Waals surface area contributed by atoms with Crippen LogP contribution in [0, 0.1) is 0 Å². The highest BCUT2D eigenvalue weighted by molar-refractivity contribution is 7.89. The summed E-state index contributed by atoms with van der Waals surface area (Å²) < 4.78 is 27.5. The summed E-state index contributed by atoms with van der Waals surface area (Å²) in [6.45, 7) is 6.71. The van der Waals surface area contributed by atoms with Crippen molar-refractivity contribution in [2.24, 2.45) is 0 Å². The Balaban J connectivity index is 2.86. The van der Waals surface area contributed by atoms with Gasteiger partial charge in [-0.25, -0.2) is 18.1 Å². The van der Waals surface area contributed by atoms with E-state index in [1.54, 1.807) is 18.3 Å². The molecule has 0 saturated heterocycles. The Morgan fingerprint density at radius 1 is 1.30 bits per heavy atom. The van der Waals surface area contributed by atoms with Crippen molar-refractivity contribution < 1.29 is 8.42 Å². The second kappa shape index (κ2) is 8.21. The lowest BCUT2D eigenvalue weighted by molar-refractivity contribution is 0.534. The number of hydrogen-bond donors (Lipinski definition) is 2. The van der Waals surface area contributed by atoms with Gasteiger partial charge in [-0.1, -0.05) is 26.7 Å². The fourth-order valence-electron chi connectivity index (χ4n) is 1.88. The van der Waals surface area contributed by atoms with E-state index in [2.05, 4.69) is 21.9 Å². The Morgan fingerprint density at radius 2 is 2.05 bits per heavy atom. The lowest BCUT2D eigenvalue weighted by Gasteiger charge is -2.16. The van der Waals surface area contributed by atoms with Crippen LogP contribution in [0.2, 0.25) is 0 Å². The quantitative estimate of drug-likeness (QED) is 0.735. The van der Waals surface area contributed by atoms with Crippen molar-refractivity contribution in [3.8, 4) is 0 Å². The summed E-state index contributed by atoms with van der Waals surface area (Å²) in [6, 6.07) is 3.15. The molecule has 1 unspecified atom stereocenters. The molecule has 0 fully saturated rings. The first-order chi connectivity index (χ1) is 9.51. The number of nitrogens with zero attached hydrogens (tertiary/aromatic N) is 1. The van der Waals surface area contributed by atoms with Crippen LogP contribution in [0.5, 0.6) is 0 Å². The van der Waals surface area contributed by atoms with E-state index in [9.17, 15) is 8.42 Å². The van der Waals surface area contributed by atoms with E-state index in [0.29, 0.717) is 12.4 Å². The van der Waals surface area contributed by atoms with Crippen LogP contribution in [0.15, 0.2) is 23.2 Å². The number of pyridine rings is 1. The normalized spacial score (nSPS) is 13.2. The summed E-state index contributed by atoms with van der Waals surface area (Å²) in [4.78, 5) is 4.34. The van der Waals surface area contributed by atoms with E-state index in [1.807, 2.05) is 13.8 Å². The number of anilines is 1. The Hall–Kier alpha value is -1.14. The molecular formula is C14H25N3O2S. The minimum atomic E-state index is -3.53. The van der Waals surface area contributed by atoms with Crippen LogP contribution in [0.3, 0.4) is 0 Å². The van der Waals surface area contributed by atoms with Crippen LogP contribution in [-0.4, -0.2) is 26.0 Å². The fourth-order valence-corrected chi connectivity index (χ4v) is 3.29. The third kappa shape index (κ3) is 5.09. The molecule has 20 heavy (non-hydrogen) atoms. The van der Waals surface area contributed by atoms with Gasteiger partial charge >= 0.3 is 0 Å². The number of unbranched alkanes of at least 4 members (excludes halogenated alkanes) is 1. The van der Waals surface area contributed by atoms with Crippen molar-refractivity contribution in [1.29, 1.82) is 0 Å². The van der Waals surface area contributed by atoms with Crippen molar-refractivity contribution >= 4 is 15.8 Å². The zero-order valence-corrected chi connectivity index (χ0v) is 13.3. The van der Waals surface area contributed by atoms with Gasteiger partial charge < -0.3 is 5.32 Å². The summed E-state index contributed by atoms with van der Waals surface area (Å²) in [7, 11) is -3.53. The van der Waals surface area contributed by atoms with Crippen LogP contribution >= 0.6 is 0 Å². The molecule has 2 N–H and O–H groups in total. The fraction of sp³-hybridized carbons (Fsp3) is 0.643. The highest BCUT2D eigenvalue weighted by Gasteiger charge is 2.21. The van der Waals surface area contributed by atoms with Crippen molar-refractivity contribution in [3.63, 3.8) is 0 Å². The average Bonchev–Trinajstić information content (AvgIpc) is 2.42. The number of hydrogen-bond acceptors (Lipinski definition) is 4. The second-order valence-electron chi connectivity index (χ2n) is 4.94. The van der Waals surface area contributed by atoms with Gasteiger partial charge in [0.25, 0.3) is 0 Å². The number of rotatable bonds is 9. The predicted octanol–water partition coefficient (Wildman–Crippen LogP) is 2.76. The van der Waals surface area contributed by atoms with Gasteiger partial charge in [0.1, 0.15) is 10.7 Å². The molecule has 0 spiro atoms. The molecule has 0 aliphatic carbocycles. The van der Waals surface area contributed by atoms with Crippen molar-refractivity contribution in [2.45, 2.75) is 57.4 Å². The highest BCUT2D eigenvalue weighted by atomic mass is 32.2. The topological polar surface area (TPSA) is 71.1 Å². The lowest BCUT2D eigenvalue weighted by Crippen LogP contribution is -2.33. The van der Waals surface area contributed by atoms with E-state index < -0.39 is 10.0 Å². The van der Waals surface area contributed by atoms with Crippen molar-refractivity contribution in [1.82, 2.24) is 9.71 Å². The molecule has 0 bridgehead atoms. The van der Waals surface area contributed by atoms with Gasteiger partial charge in [-0.05, 0) is 31.9 Å². The largest absolute Gasteiger partial charge is 0.369 e. The minimum Gasteiger partial charge on any atom is -0.369 e. The van der Waals surface area contributed by atoms with Crippen molar-refractivity contribution in [3.05, 3.63) is 18.3 Å². The number of aromatic nitrogens is 1. The lowest BCUT2D eigenvalue weighted by atomic mass is 10.2. The van der Waals surface area contributed by atoms with Crippen LogP contribution in [0.4, 0.5) is 5.82 Å². The Bertz CT molecular complexity index is 503. The molecule has 0 radical (unpaired) electrons. The molecule has 1 rings (SSSR count). The zero-order valence-electron chi connectivity index (χ0n) is 12.5. The molecule has 1 aromatic heterocycles. The first kappa shape index (κ1) is 16.9. The molecule has 0 aliphatic heterocycles. The molecule has 1 aromatic rings. The van der Waals surface area contributed by atoms with E-state index in [4.69, 9.17) is 0 Å². The molecule has 114 valence electrons. The Morgan fingerprint density at radius 3 is 2.70 bits per heavy atom. The molecular weight excluding hydrogens is 274 g/mol. The number of sulfonamides is 1. The van der Waals surface area contributed by atoms with Crippen LogP contribution in [0.25, 0.3) is 0 Å². The van der Waals surface area contributed by atoms with Crippen LogP contribution in [0.1, 0.15) is 46.5 Å². The smallest absolute Gasteiger partial charge is 0.244 e. The minimum absolute atomic E-state index is 0.0702. The Labute approximate surface area is 122 Å². The molecule has 1 atom stereocenters. The summed E-state index contributed by atoms with van der Waals surface area (Å²) in [6.07, 6.45) is 5.42. The van der Waals surface area contributed by atoms with Gasteiger partial charge in [0.05, 0.1) is 0 Å². The molecule has 5 nitrogen and oxygen atoms in total. The van der Waals surface area contributed by atoms with Crippen LogP contribution < -0.4 is 10.0 Å². The van der Waals surface area contributed by atoms with Gasteiger partial charge in [-0.15, -0.1) is 0 Å². The Kier molecular flexibility index (Phi) is 6.95. The molecule has 0 saturated carbocycles. The standard InChI is InChI=1S/C14H25N3O2S/c1-4-6-8-12(3)17-20(18,19)13-9-7-11-16-14(13)15-10-5-2/h7,9,11-12,17H,4-6,8,10H2,1-3H3,(H,15,16). The summed E-state index contributed by atoms with van der Waals surface area (Å²) >= 11 is 0. The predicted molar refractivity (Wildman–Crippen MR) is 82.3 cm³/mol. The van der Waals surface area contributed by atoms with Gasteiger partial charge in [-0.2, -0.15) is 0 Å². The maximum absolute atomic E-state index is 12.4. The first-order valence-corrected chi connectivity index (χ1v) is 8.70. The van der Waals surface area contributed by atoms with Gasteiger partial charge in [0, 0.05) is 18.8 Å². The third-order valence-electron chi connectivity index (χ3n) is 2.95. The van der Waals surface area contributed by atoms with E-state index >= 15 is 0 Å². The maximum atomic E-state index is 12.4. The van der Waals surface area contributed by atoms with Gasteiger partial charge in [0.15, 0.2) is 0 Å². The van der Waals surface area contributed by atoms with Crippen LogP contribution in [-0.2, 0) is 10.0 Å². The highest BCUT2D eigenvalue weighted by Crippen LogP contribution is 2.18.